The van der Waals surface area contributed by atoms with Gasteiger partial charge in [-0.3, -0.25) is 4.79 Å². The molecule has 9 heteroatoms. The summed E-state index contributed by atoms with van der Waals surface area (Å²) in [6.07, 6.45) is -2.55. The smallest absolute Gasteiger partial charge is 0.403 e. The molecule has 1 atom stereocenters. The first-order valence-corrected chi connectivity index (χ1v) is 10.3. The summed E-state index contributed by atoms with van der Waals surface area (Å²) in [5.74, 6) is -0.547. The molecule has 2 aliphatic rings. The first kappa shape index (κ1) is 23.1. The Hall–Kier alpha value is -1.58. The van der Waals surface area contributed by atoms with Crippen molar-refractivity contribution in [2.24, 2.45) is 11.8 Å². The molecule has 2 fully saturated rings. The molecule has 0 aromatic heterocycles. The molecule has 1 aromatic carbocycles. The normalized spacial score (nSPS) is 22.7. The number of amides is 1. The summed E-state index contributed by atoms with van der Waals surface area (Å²) in [6.45, 7) is 8.99. The molecule has 1 unspecified atom stereocenters. The number of benzene rings is 1. The minimum absolute atomic E-state index is 0.0900. The van der Waals surface area contributed by atoms with E-state index in [1.807, 2.05) is 27.7 Å². The van der Waals surface area contributed by atoms with E-state index in [4.69, 9.17) is 14.0 Å². The van der Waals surface area contributed by atoms with E-state index in [2.05, 4.69) is 5.32 Å². The molecule has 1 aromatic rings. The molecule has 0 radical (unpaired) electrons. The van der Waals surface area contributed by atoms with E-state index in [1.54, 1.807) is 0 Å². The molecule has 0 bridgehead atoms. The van der Waals surface area contributed by atoms with Crippen LogP contribution in [0.15, 0.2) is 24.3 Å². The summed E-state index contributed by atoms with van der Waals surface area (Å²) >= 11 is 0. The van der Waals surface area contributed by atoms with Crippen molar-refractivity contribution < 1.29 is 32.0 Å². The Balaban J connectivity index is 1.73. The van der Waals surface area contributed by atoms with Crippen LogP contribution in [0.25, 0.3) is 0 Å². The fourth-order valence-electron chi connectivity index (χ4n) is 3.88. The highest BCUT2D eigenvalue weighted by Crippen LogP contribution is 2.40. The van der Waals surface area contributed by atoms with Gasteiger partial charge in [-0.25, -0.2) is 0 Å². The van der Waals surface area contributed by atoms with Crippen LogP contribution >= 0.6 is 0 Å². The Kier molecular flexibility index (Phi) is 6.55. The number of hydrogen-bond acceptors (Lipinski definition) is 4. The molecule has 2 aliphatic heterocycles. The quantitative estimate of drug-likeness (QED) is 0.688. The molecule has 0 spiro atoms. The molecule has 0 saturated carbocycles. The highest BCUT2D eigenvalue weighted by Gasteiger charge is 2.52. The maximum absolute atomic E-state index is 13.1. The summed E-state index contributed by atoms with van der Waals surface area (Å²) in [6, 6.07) is 4.48. The van der Waals surface area contributed by atoms with Crippen LogP contribution in [-0.2, 0) is 25.0 Å². The second kappa shape index (κ2) is 8.51. The van der Waals surface area contributed by atoms with Crippen LogP contribution in [0.4, 0.5) is 18.9 Å². The number of halogens is 3. The molecule has 2 heterocycles. The van der Waals surface area contributed by atoms with E-state index >= 15 is 0 Å². The zero-order valence-corrected chi connectivity index (χ0v) is 17.8. The van der Waals surface area contributed by atoms with E-state index < -0.39 is 36.0 Å². The van der Waals surface area contributed by atoms with Crippen LogP contribution in [0.1, 0.15) is 46.1 Å². The Labute approximate surface area is 175 Å². The number of alkyl halides is 3. The number of nitrogens with one attached hydrogen (secondary N) is 1. The molecule has 30 heavy (non-hydrogen) atoms. The Bertz CT molecular complexity index is 730. The van der Waals surface area contributed by atoms with Gasteiger partial charge in [0.25, 0.3) is 0 Å². The average molecular weight is 427 g/mol. The molecular formula is C21H29BF3NO4. The molecule has 2 saturated heterocycles. The minimum atomic E-state index is -4.41. The van der Waals surface area contributed by atoms with Crippen LogP contribution in [0.3, 0.4) is 0 Å². The zero-order chi connectivity index (χ0) is 22.2. The number of hydrogen-bond donors (Lipinski definition) is 1. The lowest BCUT2D eigenvalue weighted by molar-refractivity contribution is -0.137. The number of carbonyl (C=O) groups excluding carboxylic acids is 1. The van der Waals surface area contributed by atoms with Crippen molar-refractivity contribution in [3.05, 3.63) is 29.8 Å². The summed E-state index contributed by atoms with van der Waals surface area (Å²) in [7, 11) is -0.527. The van der Waals surface area contributed by atoms with Gasteiger partial charge in [-0.15, -0.1) is 0 Å². The number of carbonyl (C=O) groups is 1. The predicted molar refractivity (Wildman–Crippen MR) is 108 cm³/mol. The van der Waals surface area contributed by atoms with E-state index in [0.717, 1.165) is 25.0 Å². The number of ether oxygens (including phenoxy) is 1. The maximum atomic E-state index is 13.1. The zero-order valence-electron chi connectivity index (χ0n) is 17.8. The Morgan fingerprint density at radius 2 is 1.63 bits per heavy atom. The molecule has 5 nitrogen and oxygen atoms in total. The third-order valence-corrected chi connectivity index (χ3v) is 6.40. The lowest BCUT2D eigenvalue weighted by Crippen LogP contribution is -2.41. The van der Waals surface area contributed by atoms with Crippen LogP contribution in [-0.4, -0.2) is 37.4 Å². The summed E-state index contributed by atoms with van der Waals surface area (Å²) in [5, 5.41) is 2.78. The van der Waals surface area contributed by atoms with Crippen LogP contribution in [0.2, 0.25) is 6.32 Å². The Morgan fingerprint density at radius 1 is 1.10 bits per heavy atom. The maximum Gasteiger partial charge on any atom is 0.458 e. The molecule has 1 amide bonds. The number of rotatable bonds is 5. The van der Waals surface area contributed by atoms with E-state index in [0.29, 0.717) is 25.2 Å². The van der Waals surface area contributed by atoms with Crippen molar-refractivity contribution in [2.45, 2.75) is 64.2 Å². The third-order valence-electron chi connectivity index (χ3n) is 6.40. The average Bonchev–Trinajstić information content (AvgIpc) is 2.86. The standard InChI is InChI=1S/C21H29BF3NO4/c1-19(2)20(3,4)30-22(29-19)13-17(14-9-11-28-12-10-14)18(27)26-16-7-5-15(6-8-16)21(23,24)25/h5-8,14,17H,9-13H2,1-4H3,(H,26,27). The third kappa shape index (κ3) is 5.18. The Morgan fingerprint density at radius 3 is 2.13 bits per heavy atom. The summed E-state index contributed by atoms with van der Waals surface area (Å²) < 4.78 is 55.9. The van der Waals surface area contributed by atoms with Crippen molar-refractivity contribution in [2.75, 3.05) is 18.5 Å². The highest BCUT2D eigenvalue weighted by atomic mass is 19.4. The number of anilines is 1. The van der Waals surface area contributed by atoms with Crippen molar-refractivity contribution in [1.29, 1.82) is 0 Å². The molecule has 166 valence electrons. The fourth-order valence-corrected chi connectivity index (χ4v) is 3.88. The first-order chi connectivity index (χ1) is 13.9. The first-order valence-electron chi connectivity index (χ1n) is 10.3. The van der Waals surface area contributed by atoms with Crippen molar-refractivity contribution in [3.63, 3.8) is 0 Å². The second-order valence-corrected chi connectivity index (χ2v) is 9.04. The summed E-state index contributed by atoms with van der Waals surface area (Å²) in [5.41, 5.74) is -1.42. The lowest BCUT2D eigenvalue weighted by atomic mass is 9.70. The predicted octanol–water partition coefficient (Wildman–Crippen LogP) is 4.78. The van der Waals surface area contributed by atoms with Gasteiger partial charge < -0.3 is 19.4 Å². The minimum Gasteiger partial charge on any atom is -0.403 e. The molecule has 0 aliphatic carbocycles. The van der Waals surface area contributed by atoms with Gasteiger partial charge in [-0.2, -0.15) is 13.2 Å². The summed E-state index contributed by atoms with van der Waals surface area (Å²) in [4.78, 5) is 13.1. The van der Waals surface area contributed by atoms with Crippen LogP contribution in [0.5, 0.6) is 0 Å². The van der Waals surface area contributed by atoms with Gasteiger partial charge in [0, 0.05) is 24.8 Å². The van der Waals surface area contributed by atoms with Crippen molar-refractivity contribution in [1.82, 2.24) is 0 Å². The van der Waals surface area contributed by atoms with Gasteiger partial charge in [0.05, 0.1) is 16.8 Å². The molecular weight excluding hydrogens is 398 g/mol. The molecule has 3 rings (SSSR count). The van der Waals surface area contributed by atoms with Crippen molar-refractivity contribution >= 4 is 18.7 Å². The van der Waals surface area contributed by atoms with Gasteiger partial charge >= 0.3 is 13.3 Å². The topological polar surface area (TPSA) is 56.8 Å². The fraction of sp³-hybridized carbons (Fsp3) is 0.667. The van der Waals surface area contributed by atoms with Crippen LogP contribution in [0, 0.1) is 11.8 Å². The van der Waals surface area contributed by atoms with Gasteiger partial charge in [-0.1, -0.05) is 0 Å². The van der Waals surface area contributed by atoms with Crippen molar-refractivity contribution in [3.8, 4) is 0 Å². The lowest BCUT2D eigenvalue weighted by Gasteiger charge is -2.32. The second-order valence-electron chi connectivity index (χ2n) is 9.04. The van der Waals surface area contributed by atoms with Gasteiger partial charge in [-0.05, 0) is 77.0 Å². The van der Waals surface area contributed by atoms with Gasteiger partial charge in [0.15, 0.2) is 0 Å². The largest absolute Gasteiger partial charge is 0.458 e. The SMILES string of the molecule is CC1(C)OB(CC(C(=O)Nc2ccc(C(F)(F)F)cc2)C2CCOCC2)OC1(C)C. The van der Waals surface area contributed by atoms with Gasteiger partial charge in [0.1, 0.15) is 0 Å². The van der Waals surface area contributed by atoms with E-state index in [-0.39, 0.29) is 11.8 Å². The van der Waals surface area contributed by atoms with E-state index in [1.165, 1.54) is 12.1 Å². The van der Waals surface area contributed by atoms with E-state index in [9.17, 15) is 18.0 Å². The highest BCUT2D eigenvalue weighted by molar-refractivity contribution is 6.46. The van der Waals surface area contributed by atoms with Crippen LogP contribution < -0.4 is 5.32 Å². The monoisotopic (exact) mass is 427 g/mol. The molecule has 1 N–H and O–H groups in total. The van der Waals surface area contributed by atoms with Gasteiger partial charge in [0.2, 0.25) is 5.91 Å².